The minimum atomic E-state index is -0.970. The largest absolute Gasteiger partial charge is 0.498 e. The van der Waals surface area contributed by atoms with Gasteiger partial charge in [0.25, 0.3) is 0 Å². The molecular formula is C12H15IO3. The lowest BCUT2D eigenvalue weighted by Gasteiger charge is -2.45. The Morgan fingerprint density at radius 3 is 3.00 bits per heavy atom. The van der Waals surface area contributed by atoms with Crippen molar-refractivity contribution in [1.29, 1.82) is 0 Å². The Balaban J connectivity index is 2.15. The van der Waals surface area contributed by atoms with Gasteiger partial charge in [-0.1, -0.05) is 6.08 Å². The van der Waals surface area contributed by atoms with Crippen LogP contribution in [0.1, 0.15) is 12.8 Å². The highest BCUT2D eigenvalue weighted by molar-refractivity contribution is 14.1. The smallest absolute Gasteiger partial charge is 0.134 e. The van der Waals surface area contributed by atoms with Crippen LogP contribution in [0.5, 0.6) is 0 Å². The van der Waals surface area contributed by atoms with Gasteiger partial charge in [-0.15, -0.1) is 0 Å². The highest BCUT2D eigenvalue weighted by atomic mass is 127. The molecule has 0 unspecified atom stereocenters. The molecule has 0 heterocycles. The molecule has 0 aliphatic heterocycles. The van der Waals surface area contributed by atoms with E-state index in [2.05, 4.69) is 28.7 Å². The van der Waals surface area contributed by atoms with E-state index in [9.17, 15) is 10.2 Å². The third-order valence-corrected chi connectivity index (χ3v) is 5.40. The van der Waals surface area contributed by atoms with Gasteiger partial charge in [0.2, 0.25) is 0 Å². The van der Waals surface area contributed by atoms with Crippen LogP contribution >= 0.6 is 22.6 Å². The Kier molecular flexibility index (Phi) is 2.39. The van der Waals surface area contributed by atoms with E-state index in [4.69, 9.17) is 4.74 Å². The van der Waals surface area contributed by atoms with Crippen LogP contribution < -0.4 is 0 Å². The van der Waals surface area contributed by atoms with Crippen LogP contribution in [-0.4, -0.2) is 29.0 Å². The number of hydrogen-bond donors (Lipinski definition) is 2. The molecule has 0 amide bonds. The van der Waals surface area contributed by atoms with Crippen LogP contribution in [0.15, 0.2) is 21.5 Å². The van der Waals surface area contributed by atoms with Crippen molar-refractivity contribution in [1.82, 2.24) is 0 Å². The number of hydrogen-bond acceptors (Lipinski definition) is 3. The van der Waals surface area contributed by atoms with Gasteiger partial charge in [0.1, 0.15) is 11.4 Å². The fourth-order valence-electron chi connectivity index (χ4n) is 3.66. The molecular weight excluding hydrogens is 319 g/mol. The fourth-order valence-corrected chi connectivity index (χ4v) is 4.85. The van der Waals surface area contributed by atoms with Gasteiger partial charge in [-0.05, 0) is 51.0 Å². The van der Waals surface area contributed by atoms with Gasteiger partial charge in [-0.3, -0.25) is 0 Å². The van der Waals surface area contributed by atoms with Crippen LogP contribution in [0.2, 0.25) is 0 Å². The van der Waals surface area contributed by atoms with Crippen molar-refractivity contribution in [2.24, 2.45) is 17.8 Å². The van der Waals surface area contributed by atoms with Gasteiger partial charge < -0.3 is 14.9 Å². The molecule has 4 bridgehead atoms. The molecule has 3 nitrogen and oxygen atoms in total. The van der Waals surface area contributed by atoms with Crippen molar-refractivity contribution in [3.05, 3.63) is 21.5 Å². The number of halogens is 1. The summed E-state index contributed by atoms with van der Waals surface area (Å²) in [7, 11) is 1.60. The first-order valence-corrected chi connectivity index (χ1v) is 6.69. The van der Waals surface area contributed by atoms with E-state index in [-0.39, 0.29) is 17.8 Å². The van der Waals surface area contributed by atoms with Crippen molar-refractivity contribution in [3.8, 4) is 0 Å². The second-order valence-electron chi connectivity index (χ2n) is 4.93. The zero-order valence-electron chi connectivity index (χ0n) is 9.06. The van der Waals surface area contributed by atoms with Gasteiger partial charge in [0.05, 0.1) is 13.2 Å². The Morgan fingerprint density at radius 2 is 2.31 bits per heavy atom. The van der Waals surface area contributed by atoms with E-state index >= 15 is 0 Å². The molecule has 1 saturated carbocycles. The SMILES string of the molecule is COC1=CC[C@H]2C=C(I)[C@@H]3C[C@@H](O)[C@H]2[C@]13O. The van der Waals surface area contributed by atoms with E-state index in [1.807, 2.05) is 6.08 Å². The first kappa shape index (κ1) is 11.0. The summed E-state index contributed by atoms with van der Waals surface area (Å²) in [6, 6.07) is 0. The Bertz CT molecular complexity index is 390. The van der Waals surface area contributed by atoms with E-state index in [1.165, 1.54) is 3.58 Å². The average molecular weight is 334 g/mol. The van der Waals surface area contributed by atoms with E-state index < -0.39 is 11.7 Å². The summed E-state index contributed by atoms with van der Waals surface area (Å²) in [5.74, 6) is 0.828. The summed E-state index contributed by atoms with van der Waals surface area (Å²) < 4.78 is 6.49. The zero-order valence-corrected chi connectivity index (χ0v) is 11.2. The molecule has 3 aliphatic rings. The molecule has 5 atom stereocenters. The summed E-state index contributed by atoms with van der Waals surface area (Å²) >= 11 is 2.29. The zero-order chi connectivity index (χ0) is 11.5. The first-order valence-electron chi connectivity index (χ1n) is 5.61. The fraction of sp³-hybridized carbons (Fsp3) is 0.667. The van der Waals surface area contributed by atoms with E-state index in [1.54, 1.807) is 7.11 Å². The highest BCUT2D eigenvalue weighted by Crippen LogP contribution is 2.59. The highest BCUT2D eigenvalue weighted by Gasteiger charge is 2.63. The quantitative estimate of drug-likeness (QED) is 0.716. The standard InChI is InChI=1S/C12H15IO3/c1-16-10-3-2-6-4-8(13)7-5-9(14)11(6)12(7,10)15/h3-4,6-7,9,11,14-15H,2,5H2,1H3/t6-,7-,9+,11-,12+/m0/s1. The predicted octanol–water partition coefficient (Wildman–Crippen LogP) is 1.60. The van der Waals surface area contributed by atoms with E-state index in [0.29, 0.717) is 12.2 Å². The van der Waals surface area contributed by atoms with E-state index in [0.717, 1.165) is 6.42 Å². The average Bonchev–Trinajstić information content (AvgIpc) is 2.43. The predicted molar refractivity (Wildman–Crippen MR) is 67.9 cm³/mol. The molecule has 1 fully saturated rings. The molecule has 0 radical (unpaired) electrons. The summed E-state index contributed by atoms with van der Waals surface area (Å²) in [4.78, 5) is 0. The van der Waals surface area contributed by atoms with Crippen molar-refractivity contribution in [3.63, 3.8) is 0 Å². The second-order valence-corrected chi connectivity index (χ2v) is 6.18. The summed E-state index contributed by atoms with van der Waals surface area (Å²) in [5, 5.41) is 21.0. The molecule has 16 heavy (non-hydrogen) atoms. The van der Waals surface area contributed by atoms with Crippen LogP contribution in [0, 0.1) is 17.8 Å². The minimum Gasteiger partial charge on any atom is -0.498 e. The number of aliphatic hydroxyl groups excluding tert-OH is 1. The van der Waals surface area contributed by atoms with Crippen LogP contribution in [-0.2, 0) is 4.74 Å². The Labute approximate surface area is 108 Å². The van der Waals surface area contributed by atoms with Crippen molar-refractivity contribution >= 4 is 22.6 Å². The third kappa shape index (κ3) is 1.15. The number of rotatable bonds is 1. The maximum absolute atomic E-state index is 10.9. The molecule has 3 aliphatic carbocycles. The second kappa shape index (κ2) is 3.46. The molecule has 3 rings (SSSR count). The maximum Gasteiger partial charge on any atom is 0.134 e. The number of aliphatic hydroxyl groups is 2. The lowest BCUT2D eigenvalue weighted by molar-refractivity contribution is -0.0761. The van der Waals surface area contributed by atoms with Gasteiger partial charge >= 0.3 is 0 Å². The number of allylic oxidation sites excluding steroid dienone is 2. The van der Waals surface area contributed by atoms with Crippen LogP contribution in [0.25, 0.3) is 0 Å². The van der Waals surface area contributed by atoms with Gasteiger partial charge in [0, 0.05) is 11.8 Å². The number of methoxy groups -OCH3 is 1. The lowest BCUT2D eigenvalue weighted by Crippen LogP contribution is -2.51. The Hall–Kier alpha value is -0.0700. The van der Waals surface area contributed by atoms with Gasteiger partial charge in [-0.2, -0.15) is 0 Å². The summed E-state index contributed by atoms with van der Waals surface area (Å²) in [5.41, 5.74) is -0.970. The lowest BCUT2D eigenvalue weighted by atomic mass is 9.67. The van der Waals surface area contributed by atoms with Gasteiger partial charge in [0.15, 0.2) is 0 Å². The Morgan fingerprint density at radius 1 is 1.56 bits per heavy atom. The molecule has 88 valence electrons. The normalized spacial score (nSPS) is 49.8. The number of ether oxygens (including phenoxy) is 1. The van der Waals surface area contributed by atoms with Crippen molar-refractivity contribution < 1.29 is 14.9 Å². The third-order valence-electron chi connectivity index (χ3n) is 4.29. The van der Waals surface area contributed by atoms with Crippen LogP contribution in [0.3, 0.4) is 0 Å². The molecule has 0 spiro atoms. The molecule has 0 aromatic carbocycles. The molecule has 0 saturated heterocycles. The molecule has 0 aromatic rings. The molecule has 2 N–H and O–H groups in total. The monoisotopic (exact) mass is 334 g/mol. The summed E-state index contributed by atoms with van der Waals surface area (Å²) in [6.07, 6.45) is 5.27. The van der Waals surface area contributed by atoms with Gasteiger partial charge in [-0.25, -0.2) is 0 Å². The topological polar surface area (TPSA) is 49.7 Å². The van der Waals surface area contributed by atoms with Crippen molar-refractivity contribution in [2.45, 2.75) is 24.5 Å². The maximum atomic E-state index is 10.9. The first-order chi connectivity index (χ1) is 7.59. The summed E-state index contributed by atoms with van der Waals surface area (Å²) in [6.45, 7) is 0. The molecule has 0 aromatic heterocycles. The van der Waals surface area contributed by atoms with Crippen molar-refractivity contribution in [2.75, 3.05) is 7.11 Å². The van der Waals surface area contributed by atoms with Crippen LogP contribution in [0.4, 0.5) is 0 Å². The molecule has 4 heteroatoms. The minimum absolute atomic E-state index is 0.0100.